The van der Waals surface area contributed by atoms with Gasteiger partial charge in [0.2, 0.25) is 23.6 Å². The lowest BCUT2D eigenvalue weighted by Gasteiger charge is -2.31. The fourth-order valence-corrected chi connectivity index (χ4v) is 5.84. The smallest absolute Gasteiger partial charge is 0.256 e. The Balaban J connectivity index is 1.70. The Morgan fingerprint density at radius 3 is 2.19 bits per heavy atom. The molecule has 4 atom stereocenters. The van der Waals surface area contributed by atoms with E-state index in [2.05, 4.69) is 21.3 Å². The minimum atomic E-state index is -1.04. The summed E-state index contributed by atoms with van der Waals surface area (Å²) in [6.07, 6.45) is 2.18. The van der Waals surface area contributed by atoms with Crippen molar-refractivity contribution in [2.24, 2.45) is 18.9 Å². The molecule has 258 valence electrons. The molecule has 5 amide bonds. The Hall–Kier alpha value is -4.87. The van der Waals surface area contributed by atoms with Gasteiger partial charge in [-0.25, -0.2) is 0 Å². The molecule has 0 aliphatic carbocycles. The van der Waals surface area contributed by atoms with Crippen LogP contribution in [-0.4, -0.2) is 83.4 Å². The summed E-state index contributed by atoms with van der Waals surface area (Å²) in [6, 6.07) is 11.1. The predicted molar refractivity (Wildman–Crippen MR) is 183 cm³/mol. The van der Waals surface area contributed by atoms with E-state index in [1.807, 2.05) is 63.6 Å². The van der Waals surface area contributed by atoms with Crippen LogP contribution in [-0.2, 0) is 32.6 Å². The summed E-state index contributed by atoms with van der Waals surface area (Å²) in [7, 11) is 3.40. The first kappa shape index (κ1) is 36.0. The molecule has 2 aromatic carbocycles. The number of nitrogens with zero attached hydrogens (tertiary/aromatic N) is 2. The Bertz CT molecular complexity index is 1630. The first-order valence-electron chi connectivity index (χ1n) is 16.4. The van der Waals surface area contributed by atoms with E-state index in [0.717, 1.165) is 16.5 Å². The van der Waals surface area contributed by atoms with Crippen molar-refractivity contribution in [2.45, 2.75) is 71.6 Å². The summed E-state index contributed by atoms with van der Waals surface area (Å²) in [5, 5.41) is 12.1. The Morgan fingerprint density at radius 2 is 1.54 bits per heavy atom. The van der Waals surface area contributed by atoms with Gasteiger partial charge in [0.15, 0.2) is 0 Å². The molecule has 4 N–H and O–H groups in total. The highest BCUT2D eigenvalue weighted by atomic mass is 16.5. The number of hydrogen-bond acceptors (Lipinski definition) is 6. The van der Waals surface area contributed by atoms with E-state index in [9.17, 15) is 24.0 Å². The number of methoxy groups -OCH3 is 1. The predicted octanol–water partition coefficient (Wildman–Crippen LogP) is 2.55. The maximum absolute atomic E-state index is 14.2. The summed E-state index contributed by atoms with van der Waals surface area (Å²) in [5.41, 5.74) is 2.05. The standard InChI is InChI=1S/C36H48N6O6/c1-21(2)16-28-35(46)39-29(17-24-12-14-25(48-7)15-13-24)34(45)37-23(5)33(44)40-30(22(3)4)19-42(20-32(43)38-28)36(47)27-18-41(6)31-11-9-8-10-26(27)31/h8-15,18,21-23,28-30H,16-17,19-20H2,1-7H3,(H,37,45)(H,38,43)(H,39,46)(H,40,44)/t23-,28+,29+,30-/m1/s1. The first-order chi connectivity index (χ1) is 22.8. The van der Waals surface area contributed by atoms with Gasteiger partial charge in [0.05, 0.1) is 19.2 Å². The van der Waals surface area contributed by atoms with Crippen LogP contribution in [0.1, 0.15) is 57.0 Å². The fourth-order valence-electron chi connectivity index (χ4n) is 5.84. The lowest BCUT2D eigenvalue weighted by atomic mass is 10.0. The van der Waals surface area contributed by atoms with Crippen LogP contribution < -0.4 is 26.0 Å². The van der Waals surface area contributed by atoms with Crippen LogP contribution in [0.15, 0.2) is 54.7 Å². The maximum atomic E-state index is 14.2. The van der Waals surface area contributed by atoms with Crippen LogP contribution in [0.2, 0.25) is 0 Å². The zero-order valence-corrected chi connectivity index (χ0v) is 28.8. The highest BCUT2D eigenvalue weighted by molar-refractivity contribution is 6.08. The molecular formula is C36H48N6O6. The molecule has 3 aromatic rings. The summed E-state index contributed by atoms with van der Waals surface area (Å²) in [4.78, 5) is 70.1. The number of hydrogen-bond donors (Lipinski definition) is 4. The van der Waals surface area contributed by atoms with Crippen LogP contribution in [0.3, 0.4) is 0 Å². The number of benzene rings is 2. The third-order valence-electron chi connectivity index (χ3n) is 8.64. The highest BCUT2D eigenvalue weighted by Crippen LogP contribution is 2.23. The first-order valence-corrected chi connectivity index (χ1v) is 16.4. The molecule has 0 bridgehead atoms. The molecule has 2 heterocycles. The van der Waals surface area contributed by atoms with Gasteiger partial charge < -0.3 is 35.5 Å². The van der Waals surface area contributed by atoms with E-state index in [1.165, 1.54) is 4.90 Å². The number of aromatic nitrogens is 1. The summed E-state index contributed by atoms with van der Waals surface area (Å²) in [5.74, 6) is -1.90. The molecule has 1 saturated heterocycles. The van der Waals surface area contributed by atoms with E-state index >= 15 is 0 Å². The molecule has 1 fully saturated rings. The van der Waals surface area contributed by atoms with Gasteiger partial charge in [-0.15, -0.1) is 0 Å². The van der Waals surface area contributed by atoms with Crippen molar-refractivity contribution in [2.75, 3.05) is 20.2 Å². The van der Waals surface area contributed by atoms with Crippen LogP contribution in [0.4, 0.5) is 0 Å². The molecule has 12 heteroatoms. The number of rotatable bonds is 7. The largest absolute Gasteiger partial charge is 0.497 e. The van der Waals surface area contributed by atoms with Crippen molar-refractivity contribution in [3.8, 4) is 5.75 Å². The Morgan fingerprint density at radius 1 is 0.875 bits per heavy atom. The van der Waals surface area contributed by atoms with E-state index < -0.39 is 47.8 Å². The van der Waals surface area contributed by atoms with Gasteiger partial charge >= 0.3 is 0 Å². The minimum Gasteiger partial charge on any atom is -0.497 e. The van der Waals surface area contributed by atoms with Crippen LogP contribution >= 0.6 is 0 Å². The van der Waals surface area contributed by atoms with Gasteiger partial charge in [-0.1, -0.05) is 58.0 Å². The van der Waals surface area contributed by atoms with Gasteiger partial charge in [-0.05, 0) is 48.9 Å². The Labute approximate surface area is 281 Å². The molecule has 0 unspecified atom stereocenters. The van der Waals surface area contributed by atoms with E-state index in [0.29, 0.717) is 17.7 Å². The number of aryl methyl sites for hydroxylation is 1. The average Bonchev–Trinajstić information content (AvgIpc) is 3.38. The highest BCUT2D eigenvalue weighted by Gasteiger charge is 2.33. The van der Waals surface area contributed by atoms with Crippen molar-refractivity contribution >= 4 is 40.4 Å². The quantitative estimate of drug-likeness (QED) is 0.306. The number of para-hydroxylation sites is 1. The molecule has 0 spiro atoms. The second-order valence-electron chi connectivity index (χ2n) is 13.3. The summed E-state index contributed by atoms with van der Waals surface area (Å²) in [6.45, 7) is 8.94. The average molecular weight is 661 g/mol. The number of carbonyl (C=O) groups excluding carboxylic acids is 5. The number of fused-ring (bicyclic) bond motifs is 1. The third-order valence-corrected chi connectivity index (χ3v) is 8.64. The van der Waals surface area contributed by atoms with E-state index in [-0.39, 0.29) is 37.3 Å². The second kappa shape index (κ2) is 15.8. The van der Waals surface area contributed by atoms with Crippen LogP contribution in [0.5, 0.6) is 5.75 Å². The fraction of sp³-hybridized carbons (Fsp3) is 0.472. The molecule has 1 aliphatic rings. The molecular weight excluding hydrogens is 612 g/mol. The van der Waals surface area contributed by atoms with Crippen molar-refractivity contribution in [3.05, 3.63) is 65.9 Å². The minimum absolute atomic E-state index is 0.0255. The van der Waals surface area contributed by atoms with Crippen LogP contribution in [0, 0.1) is 11.8 Å². The monoisotopic (exact) mass is 660 g/mol. The van der Waals surface area contributed by atoms with Gasteiger partial charge in [0.1, 0.15) is 23.9 Å². The lowest BCUT2D eigenvalue weighted by Crippen LogP contribution is -2.57. The zero-order valence-electron chi connectivity index (χ0n) is 28.8. The maximum Gasteiger partial charge on any atom is 0.256 e. The van der Waals surface area contributed by atoms with Crippen molar-refractivity contribution in [1.82, 2.24) is 30.7 Å². The van der Waals surface area contributed by atoms with Crippen molar-refractivity contribution < 1.29 is 28.7 Å². The summed E-state index contributed by atoms with van der Waals surface area (Å²) < 4.78 is 7.10. The number of amides is 5. The summed E-state index contributed by atoms with van der Waals surface area (Å²) >= 11 is 0. The van der Waals surface area contributed by atoms with Crippen molar-refractivity contribution in [1.29, 1.82) is 0 Å². The second-order valence-corrected chi connectivity index (χ2v) is 13.3. The Kier molecular flexibility index (Phi) is 11.9. The molecule has 4 rings (SSSR count). The molecule has 48 heavy (non-hydrogen) atoms. The van der Waals surface area contributed by atoms with E-state index in [1.54, 1.807) is 44.5 Å². The molecule has 0 radical (unpaired) electrons. The van der Waals surface area contributed by atoms with Gasteiger partial charge in [-0.3, -0.25) is 24.0 Å². The number of nitrogens with one attached hydrogen (secondary N) is 4. The van der Waals surface area contributed by atoms with Gasteiger partial charge in [0.25, 0.3) is 5.91 Å². The van der Waals surface area contributed by atoms with Gasteiger partial charge in [-0.2, -0.15) is 0 Å². The SMILES string of the molecule is COc1ccc(C[C@@H]2NC(=O)[C@H](CC(C)C)NC(=O)CN(C(=O)c3cn(C)c4ccccc34)C[C@H](C(C)C)NC(=O)[C@@H](C)NC2=O)cc1. The third kappa shape index (κ3) is 8.93. The van der Waals surface area contributed by atoms with E-state index in [4.69, 9.17) is 4.74 Å². The number of carbonyl (C=O) groups is 5. The van der Waals surface area contributed by atoms with Crippen molar-refractivity contribution in [3.63, 3.8) is 0 Å². The molecule has 0 saturated carbocycles. The topological polar surface area (TPSA) is 151 Å². The number of ether oxygens (including phenoxy) is 1. The molecule has 1 aliphatic heterocycles. The van der Waals surface area contributed by atoms with Crippen LogP contribution in [0.25, 0.3) is 10.9 Å². The lowest BCUT2D eigenvalue weighted by molar-refractivity contribution is -0.133. The molecule has 12 nitrogen and oxygen atoms in total. The van der Waals surface area contributed by atoms with Gasteiger partial charge in [0, 0.05) is 43.2 Å². The molecule has 1 aromatic heterocycles. The normalized spacial score (nSPS) is 21.6. The zero-order chi connectivity index (χ0) is 35.1.